The van der Waals surface area contributed by atoms with E-state index >= 15 is 0 Å². The molecule has 0 amide bonds. The van der Waals surface area contributed by atoms with Crippen LogP contribution in [0.25, 0.3) is 5.69 Å². The summed E-state index contributed by atoms with van der Waals surface area (Å²) in [6.07, 6.45) is 0.515. The topological polar surface area (TPSA) is 59.9 Å². The number of hydrogen-bond donors (Lipinski definition) is 1. The van der Waals surface area contributed by atoms with Crippen LogP contribution in [-0.2, 0) is 4.74 Å². The summed E-state index contributed by atoms with van der Waals surface area (Å²) in [4.78, 5) is 11.9. The molecular weight excluding hydrogens is 266 g/mol. The van der Waals surface area contributed by atoms with Gasteiger partial charge in [0.15, 0.2) is 5.82 Å². The van der Waals surface area contributed by atoms with Crippen molar-refractivity contribution in [2.75, 3.05) is 6.61 Å². The van der Waals surface area contributed by atoms with Crippen molar-refractivity contribution in [3.63, 3.8) is 0 Å². The molecule has 1 atom stereocenters. The second-order valence-corrected chi connectivity index (χ2v) is 4.49. The smallest absolute Gasteiger partial charge is 0.348 e. The molecule has 2 rings (SSSR count). The van der Waals surface area contributed by atoms with Gasteiger partial charge in [-0.2, -0.15) is 5.10 Å². The maximum absolute atomic E-state index is 11.9. The molecule has 1 aromatic heterocycles. The number of nitrogens with zero attached hydrogens (tertiary/aromatic N) is 2. The summed E-state index contributed by atoms with van der Waals surface area (Å²) < 4.78 is 7.10. The van der Waals surface area contributed by atoms with E-state index < -0.39 is 0 Å². The minimum atomic E-state index is -0.296. The van der Waals surface area contributed by atoms with Gasteiger partial charge in [0.05, 0.1) is 5.69 Å². The molecule has 0 aliphatic heterocycles. The lowest BCUT2D eigenvalue weighted by atomic mass is 10.2. The highest BCUT2D eigenvalue weighted by Crippen LogP contribution is 2.21. The zero-order valence-electron chi connectivity index (χ0n) is 10.9. The maximum Gasteiger partial charge on any atom is 0.348 e. The Morgan fingerprint density at radius 1 is 1.47 bits per heavy atom. The molecule has 0 bridgehead atoms. The van der Waals surface area contributed by atoms with E-state index in [0.29, 0.717) is 23.1 Å². The summed E-state index contributed by atoms with van der Waals surface area (Å²) in [7, 11) is 0. The first-order valence-corrected chi connectivity index (χ1v) is 6.60. The standard InChI is InChI=1S/C13H16ClN3O2/c1-3-11(19-4-2)12-15-16-13(18)17(12)10-7-5-6-9(14)8-10/h5-8,11H,3-4H2,1-2H3,(H,16,18). The van der Waals surface area contributed by atoms with Gasteiger partial charge in [-0.25, -0.2) is 14.5 Å². The van der Waals surface area contributed by atoms with Gasteiger partial charge in [0, 0.05) is 11.6 Å². The van der Waals surface area contributed by atoms with Gasteiger partial charge < -0.3 is 4.74 Å². The molecule has 0 aliphatic carbocycles. The van der Waals surface area contributed by atoms with Crippen molar-refractivity contribution in [2.24, 2.45) is 0 Å². The summed E-state index contributed by atoms with van der Waals surface area (Å²) in [6.45, 7) is 4.47. The van der Waals surface area contributed by atoms with E-state index in [1.54, 1.807) is 18.2 Å². The van der Waals surface area contributed by atoms with Gasteiger partial charge in [-0.15, -0.1) is 0 Å². The number of nitrogens with one attached hydrogen (secondary N) is 1. The Hall–Kier alpha value is -1.59. The zero-order chi connectivity index (χ0) is 13.8. The van der Waals surface area contributed by atoms with Gasteiger partial charge >= 0.3 is 5.69 Å². The first-order valence-electron chi connectivity index (χ1n) is 6.22. The number of halogens is 1. The third-order valence-electron chi connectivity index (χ3n) is 2.79. The lowest BCUT2D eigenvalue weighted by molar-refractivity contribution is 0.0521. The maximum atomic E-state index is 11.9. The summed E-state index contributed by atoms with van der Waals surface area (Å²) in [5, 5.41) is 7.10. The minimum Gasteiger partial charge on any atom is -0.370 e. The predicted octanol–water partition coefficient (Wildman–Crippen LogP) is 2.70. The predicted molar refractivity (Wildman–Crippen MR) is 73.9 cm³/mol. The molecule has 1 N–H and O–H groups in total. The summed E-state index contributed by atoms with van der Waals surface area (Å²) in [5.74, 6) is 0.566. The van der Waals surface area contributed by atoms with E-state index in [0.717, 1.165) is 6.42 Å². The average molecular weight is 282 g/mol. The quantitative estimate of drug-likeness (QED) is 0.917. The Balaban J connectivity index is 2.51. The number of H-pyrrole nitrogens is 1. The Morgan fingerprint density at radius 2 is 2.26 bits per heavy atom. The van der Waals surface area contributed by atoms with E-state index in [1.165, 1.54) is 4.57 Å². The second kappa shape index (κ2) is 6.04. The molecule has 0 spiro atoms. The molecular formula is C13H16ClN3O2. The van der Waals surface area contributed by atoms with Crippen LogP contribution in [0, 0.1) is 0 Å². The Kier molecular flexibility index (Phi) is 4.39. The third-order valence-corrected chi connectivity index (χ3v) is 3.03. The van der Waals surface area contributed by atoms with Crippen LogP contribution in [0.2, 0.25) is 5.02 Å². The first-order chi connectivity index (χ1) is 9.17. The van der Waals surface area contributed by atoms with Crippen molar-refractivity contribution in [3.8, 4) is 5.69 Å². The van der Waals surface area contributed by atoms with Crippen LogP contribution >= 0.6 is 11.6 Å². The van der Waals surface area contributed by atoms with Gasteiger partial charge in [0.1, 0.15) is 6.10 Å². The van der Waals surface area contributed by atoms with Crippen LogP contribution in [0.15, 0.2) is 29.1 Å². The molecule has 0 fully saturated rings. The van der Waals surface area contributed by atoms with Crippen LogP contribution in [-0.4, -0.2) is 21.4 Å². The molecule has 1 heterocycles. The molecule has 0 radical (unpaired) electrons. The van der Waals surface area contributed by atoms with Crippen LogP contribution in [0.3, 0.4) is 0 Å². The molecule has 102 valence electrons. The van der Waals surface area contributed by atoms with Gasteiger partial charge in [-0.1, -0.05) is 24.6 Å². The highest BCUT2D eigenvalue weighted by atomic mass is 35.5. The summed E-state index contributed by atoms with van der Waals surface area (Å²) in [5.41, 5.74) is 0.384. The number of aromatic nitrogens is 3. The van der Waals surface area contributed by atoms with E-state index in [9.17, 15) is 4.79 Å². The Bertz CT molecular complexity index is 606. The monoisotopic (exact) mass is 281 g/mol. The van der Waals surface area contributed by atoms with Crippen LogP contribution in [0.5, 0.6) is 0 Å². The van der Waals surface area contributed by atoms with Crippen molar-refractivity contribution in [2.45, 2.75) is 26.4 Å². The molecule has 0 aliphatic rings. The number of benzene rings is 1. The molecule has 0 saturated heterocycles. The molecule has 1 aromatic carbocycles. The van der Waals surface area contributed by atoms with Gasteiger partial charge in [0.25, 0.3) is 0 Å². The fourth-order valence-electron chi connectivity index (χ4n) is 1.97. The van der Waals surface area contributed by atoms with Gasteiger partial charge in [0.2, 0.25) is 0 Å². The van der Waals surface area contributed by atoms with Crippen molar-refractivity contribution in [1.29, 1.82) is 0 Å². The van der Waals surface area contributed by atoms with E-state index in [4.69, 9.17) is 16.3 Å². The summed E-state index contributed by atoms with van der Waals surface area (Å²) >= 11 is 5.96. The van der Waals surface area contributed by atoms with E-state index in [2.05, 4.69) is 10.2 Å². The number of aromatic amines is 1. The van der Waals surface area contributed by atoms with Crippen LogP contribution in [0.1, 0.15) is 32.2 Å². The normalized spacial score (nSPS) is 12.6. The van der Waals surface area contributed by atoms with Crippen molar-refractivity contribution < 1.29 is 4.74 Å². The minimum absolute atomic E-state index is 0.220. The van der Waals surface area contributed by atoms with Crippen molar-refractivity contribution in [3.05, 3.63) is 45.6 Å². The van der Waals surface area contributed by atoms with Crippen LogP contribution in [0.4, 0.5) is 0 Å². The molecule has 1 unspecified atom stereocenters. The van der Waals surface area contributed by atoms with E-state index in [-0.39, 0.29) is 11.8 Å². The highest BCUT2D eigenvalue weighted by molar-refractivity contribution is 6.30. The van der Waals surface area contributed by atoms with E-state index in [1.807, 2.05) is 19.9 Å². The lowest BCUT2D eigenvalue weighted by Crippen LogP contribution is -2.19. The molecule has 19 heavy (non-hydrogen) atoms. The molecule has 6 heteroatoms. The van der Waals surface area contributed by atoms with Gasteiger partial charge in [-0.3, -0.25) is 0 Å². The zero-order valence-corrected chi connectivity index (χ0v) is 11.6. The number of ether oxygens (including phenoxy) is 1. The van der Waals surface area contributed by atoms with Crippen molar-refractivity contribution in [1.82, 2.24) is 14.8 Å². The highest BCUT2D eigenvalue weighted by Gasteiger charge is 2.19. The van der Waals surface area contributed by atoms with Crippen molar-refractivity contribution >= 4 is 11.6 Å². The fraction of sp³-hybridized carbons (Fsp3) is 0.385. The SMILES string of the molecule is CCOC(CC)c1n[nH]c(=O)n1-c1cccc(Cl)c1. The lowest BCUT2D eigenvalue weighted by Gasteiger charge is -2.15. The fourth-order valence-corrected chi connectivity index (χ4v) is 2.15. The third kappa shape index (κ3) is 2.88. The molecule has 2 aromatic rings. The Morgan fingerprint density at radius 3 is 2.89 bits per heavy atom. The number of hydrogen-bond acceptors (Lipinski definition) is 3. The first kappa shape index (κ1) is 13.8. The van der Waals surface area contributed by atoms with Gasteiger partial charge in [-0.05, 0) is 31.5 Å². The molecule has 0 saturated carbocycles. The van der Waals surface area contributed by atoms with Crippen LogP contribution < -0.4 is 5.69 Å². The summed E-state index contributed by atoms with van der Waals surface area (Å²) in [6, 6.07) is 7.09. The largest absolute Gasteiger partial charge is 0.370 e. The second-order valence-electron chi connectivity index (χ2n) is 4.05. The number of rotatable bonds is 5. The Labute approximate surface area is 116 Å². The molecule has 5 nitrogen and oxygen atoms in total. The average Bonchev–Trinajstić information content (AvgIpc) is 2.77.